The molecule has 0 unspecified atom stereocenters. The predicted molar refractivity (Wildman–Crippen MR) is 76.8 cm³/mol. The third-order valence-electron chi connectivity index (χ3n) is 2.51. The van der Waals surface area contributed by atoms with Gasteiger partial charge in [-0.2, -0.15) is 5.10 Å². The minimum Gasteiger partial charge on any atom is -0.494 e. The highest BCUT2D eigenvalue weighted by Crippen LogP contribution is 2.25. The maximum atomic E-state index is 11.9. The number of nitrogens with zero attached hydrogens (tertiary/aromatic N) is 1. The summed E-state index contributed by atoms with van der Waals surface area (Å²) < 4.78 is 5.50. The first-order chi connectivity index (χ1) is 9.24. The number of ether oxygens (including phenoxy) is 1. The van der Waals surface area contributed by atoms with E-state index in [1.54, 1.807) is 6.07 Å². The highest BCUT2D eigenvalue weighted by molar-refractivity contribution is 9.08. The lowest BCUT2D eigenvalue weighted by Crippen LogP contribution is -2.12. The fraction of sp³-hybridized carbons (Fsp3) is 0.231. The zero-order valence-electron chi connectivity index (χ0n) is 10.4. The van der Waals surface area contributed by atoms with Gasteiger partial charge in [-0.1, -0.05) is 15.9 Å². The minimum atomic E-state index is -0.220. The van der Waals surface area contributed by atoms with E-state index in [-0.39, 0.29) is 5.91 Å². The van der Waals surface area contributed by atoms with Crippen molar-refractivity contribution in [1.29, 1.82) is 0 Å². The van der Waals surface area contributed by atoms with E-state index in [0.717, 1.165) is 17.0 Å². The molecule has 0 aliphatic carbocycles. The van der Waals surface area contributed by atoms with Crippen molar-refractivity contribution < 1.29 is 9.53 Å². The summed E-state index contributed by atoms with van der Waals surface area (Å²) in [4.78, 5) is 11.9. The third kappa shape index (κ3) is 3.35. The lowest BCUT2D eigenvalue weighted by atomic mass is 10.2. The SMILES string of the molecule is CCOc1ccc(NC(=O)c2ccn[nH]2)cc1CBr. The Bertz CT molecular complexity index is 555. The van der Waals surface area contributed by atoms with Gasteiger partial charge in [-0.3, -0.25) is 9.89 Å². The molecule has 0 aliphatic rings. The van der Waals surface area contributed by atoms with Crippen molar-refractivity contribution in [2.24, 2.45) is 0 Å². The van der Waals surface area contributed by atoms with E-state index in [9.17, 15) is 4.79 Å². The number of carbonyl (C=O) groups is 1. The second-order valence-corrected chi connectivity index (χ2v) is 4.37. The molecule has 0 bridgehead atoms. The number of rotatable bonds is 5. The summed E-state index contributed by atoms with van der Waals surface area (Å²) in [7, 11) is 0. The maximum absolute atomic E-state index is 11.9. The zero-order valence-corrected chi connectivity index (χ0v) is 12.0. The first-order valence-electron chi connectivity index (χ1n) is 5.87. The number of aromatic nitrogens is 2. The van der Waals surface area contributed by atoms with Gasteiger partial charge in [0, 0.05) is 22.8 Å². The predicted octanol–water partition coefficient (Wildman–Crippen LogP) is 2.96. The Kier molecular flexibility index (Phi) is 4.57. The van der Waals surface area contributed by atoms with E-state index in [1.807, 2.05) is 25.1 Å². The highest BCUT2D eigenvalue weighted by Gasteiger charge is 2.09. The average molecular weight is 324 g/mol. The Morgan fingerprint density at radius 2 is 2.32 bits per heavy atom. The van der Waals surface area contributed by atoms with Crippen LogP contribution in [0.25, 0.3) is 0 Å². The number of H-pyrrole nitrogens is 1. The van der Waals surface area contributed by atoms with Gasteiger partial charge in [0.1, 0.15) is 11.4 Å². The fourth-order valence-electron chi connectivity index (χ4n) is 1.64. The molecule has 2 N–H and O–H groups in total. The number of hydrogen-bond donors (Lipinski definition) is 2. The lowest BCUT2D eigenvalue weighted by Gasteiger charge is -2.11. The van der Waals surface area contributed by atoms with Crippen molar-refractivity contribution >= 4 is 27.5 Å². The molecule has 5 nitrogen and oxygen atoms in total. The van der Waals surface area contributed by atoms with E-state index in [0.29, 0.717) is 17.6 Å². The Morgan fingerprint density at radius 1 is 1.47 bits per heavy atom. The number of carbonyl (C=O) groups excluding carboxylic acids is 1. The maximum Gasteiger partial charge on any atom is 0.273 e. The van der Waals surface area contributed by atoms with Crippen molar-refractivity contribution in [3.05, 3.63) is 41.7 Å². The first-order valence-corrected chi connectivity index (χ1v) is 6.99. The summed E-state index contributed by atoms with van der Waals surface area (Å²) in [5.41, 5.74) is 2.14. The van der Waals surface area contributed by atoms with Crippen LogP contribution in [0.3, 0.4) is 0 Å². The Morgan fingerprint density at radius 3 is 2.95 bits per heavy atom. The molecule has 2 rings (SSSR count). The summed E-state index contributed by atoms with van der Waals surface area (Å²) in [5, 5.41) is 9.83. The second kappa shape index (κ2) is 6.38. The van der Waals surface area contributed by atoms with E-state index in [1.165, 1.54) is 6.20 Å². The lowest BCUT2D eigenvalue weighted by molar-refractivity contribution is 0.102. The number of nitrogens with one attached hydrogen (secondary N) is 2. The molecule has 0 saturated heterocycles. The van der Waals surface area contributed by atoms with Crippen LogP contribution < -0.4 is 10.1 Å². The van der Waals surface area contributed by atoms with Crippen molar-refractivity contribution in [3.8, 4) is 5.75 Å². The molecule has 100 valence electrons. The van der Waals surface area contributed by atoms with Gasteiger partial charge in [-0.05, 0) is 31.2 Å². The van der Waals surface area contributed by atoms with Crippen LogP contribution >= 0.6 is 15.9 Å². The fourth-order valence-corrected chi connectivity index (χ4v) is 2.08. The molecule has 1 aromatic heterocycles. The van der Waals surface area contributed by atoms with Crippen LogP contribution in [0.5, 0.6) is 5.75 Å². The molecule has 1 amide bonds. The molecule has 0 fully saturated rings. The summed E-state index contributed by atoms with van der Waals surface area (Å²) >= 11 is 3.41. The van der Waals surface area contributed by atoms with Crippen molar-refractivity contribution in [2.75, 3.05) is 11.9 Å². The summed E-state index contributed by atoms with van der Waals surface area (Å²) in [6.45, 7) is 2.55. The molecule has 6 heteroatoms. The van der Waals surface area contributed by atoms with Gasteiger partial charge in [-0.15, -0.1) is 0 Å². The third-order valence-corrected chi connectivity index (χ3v) is 3.11. The van der Waals surface area contributed by atoms with Crippen LogP contribution in [0.15, 0.2) is 30.5 Å². The number of alkyl halides is 1. The number of benzene rings is 1. The van der Waals surface area contributed by atoms with Crippen LogP contribution in [0.1, 0.15) is 23.0 Å². The molecule has 1 heterocycles. The topological polar surface area (TPSA) is 67.0 Å². The molecule has 0 atom stereocenters. The number of aromatic amines is 1. The number of hydrogen-bond acceptors (Lipinski definition) is 3. The second-order valence-electron chi connectivity index (χ2n) is 3.81. The van der Waals surface area contributed by atoms with E-state index < -0.39 is 0 Å². The van der Waals surface area contributed by atoms with Gasteiger partial charge in [0.15, 0.2) is 0 Å². The van der Waals surface area contributed by atoms with Crippen molar-refractivity contribution in [2.45, 2.75) is 12.3 Å². The molecule has 19 heavy (non-hydrogen) atoms. The van der Waals surface area contributed by atoms with Gasteiger partial charge < -0.3 is 10.1 Å². The van der Waals surface area contributed by atoms with Gasteiger partial charge >= 0.3 is 0 Å². The highest BCUT2D eigenvalue weighted by atomic mass is 79.9. The van der Waals surface area contributed by atoms with Crippen LogP contribution in [-0.2, 0) is 5.33 Å². The smallest absolute Gasteiger partial charge is 0.273 e. The van der Waals surface area contributed by atoms with Gasteiger partial charge in [0.2, 0.25) is 0 Å². The monoisotopic (exact) mass is 323 g/mol. The van der Waals surface area contributed by atoms with Crippen LogP contribution in [0.2, 0.25) is 0 Å². The molecule has 0 aliphatic heterocycles. The number of amides is 1. The Balaban J connectivity index is 2.15. The van der Waals surface area contributed by atoms with Gasteiger partial charge in [0.25, 0.3) is 5.91 Å². The van der Waals surface area contributed by atoms with Crippen LogP contribution in [0, 0.1) is 0 Å². The minimum absolute atomic E-state index is 0.220. The van der Waals surface area contributed by atoms with Gasteiger partial charge in [-0.25, -0.2) is 0 Å². The van der Waals surface area contributed by atoms with Crippen molar-refractivity contribution in [1.82, 2.24) is 10.2 Å². The average Bonchev–Trinajstić information content (AvgIpc) is 2.94. The molecule has 2 aromatic rings. The van der Waals surface area contributed by atoms with E-state index in [4.69, 9.17) is 4.74 Å². The first kappa shape index (κ1) is 13.6. The molecule has 1 aromatic carbocycles. The van der Waals surface area contributed by atoms with Crippen molar-refractivity contribution in [3.63, 3.8) is 0 Å². The normalized spacial score (nSPS) is 10.2. The van der Waals surface area contributed by atoms with Gasteiger partial charge in [0.05, 0.1) is 6.61 Å². The molecular formula is C13H14BrN3O2. The number of anilines is 1. The standard InChI is InChI=1S/C13H14BrN3O2/c1-2-19-12-4-3-10(7-9(12)8-14)16-13(18)11-5-6-15-17-11/h3-7H,2,8H2,1H3,(H,15,17)(H,16,18). The largest absolute Gasteiger partial charge is 0.494 e. The van der Waals surface area contributed by atoms with E-state index >= 15 is 0 Å². The summed E-state index contributed by atoms with van der Waals surface area (Å²) in [6, 6.07) is 7.16. The van der Waals surface area contributed by atoms with Crippen LogP contribution in [0.4, 0.5) is 5.69 Å². The number of halogens is 1. The summed E-state index contributed by atoms with van der Waals surface area (Å²) in [5.74, 6) is 0.598. The molecule has 0 saturated carbocycles. The molecule has 0 radical (unpaired) electrons. The van der Waals surface area contributed by atoms with E-state index in [2.05, 4.69) is 31.4 Å². The summed E-state index contributed by atoms with van der Waals surface area (Å²) in [6.07, 6.45) is 1.54. The zero-order chi connectivity index (χ0) is 13.7. The Hall–Kier alpha value is -1.82. The molecular weight excluding hydrogens is 310 g/mol. The Labute approximate surface area is 119 Å². The molecule has 0 spiro atoms. The quantitative estimate of drug-likeness (QED) is 0.831. The van der Waals surface area contributed by atoms with Crippen LogP contribution in [-0.4, -0.2) is 22.7 Å².